The van der Waals surface area contributed by atoms with E-state index in [1.165, 1.54) is 0 Å². The molecule has 0 fully saturated rings. The van der Waals surface area contributed by atoms with E-state index in [-0.39, 0.29) is 17.0 Å². The van der Waals surface area contributed by atoms with Crippen LogP contribution in [0.15, 0.2) is 88.1 Å². The Morgan fingerprint density at radius 1 is 0.950 bits per heavy atom. The van der Waals surface area contributed by atoms with E-state index in [4.69, 9.17) is 9.40 Å². The van der Waals surface area contributed by atoms with Gasteiger partial charge in [0, 0.05) is 17.5 Å². The second-order valence-corrected chi connectivity index (χ2v) is 10.6. The van der Waals surface area contributed by atoms with Crippen LogP contribution in [0.5, 0.6) is 0 Å². The maximum Gasteiger partial charge on any atom is 0.297 e. The van der Waals surface area contributed by atoms with Crippen LogP contribution in [-0.4, -0.2) is 52.4 Å². The summed E-state index contributed by atoms with van der Waals surface area (Å²) in [6.07, 6.45) is 1.39. The van der Waals surface area contributed by atoms with Crippen LogP contribution in [0.3, 0.4) is 0 Å². The molecular formula is C33H36N4O3. The number of hydrogen-bond acceptors (Lipinski definition) is 5. The summed E-state index contributed by atoms with van der Waals surface area (Å²) in [6, 6.07) is 24.7. The van der Waals surface area contributed by atoms with E-state index in [1.807, 2.05) is 112 Å². The number of aryl methyl sites for hydroxylation is 1. The Bertz CT molecular complexity index is 1670. The van der Waals surface area contributed by atoms with Crippen molar-refractivity contribution in [1.29, 1.82) is 0 Å². The number of nitrogens with zero attached hydrogens (tertiary/aromatic N) is 4. The summed E-state index contributed by atoms with van der Waals surface area (Å²) in [5.74, 6) is 0.504. The van der Waals surface area contributed by atoms with E-state index in [1.54, 1.807) is 4.57 Å². The molecule has 7 nitrogen and oxygen atoms in total. The van der Waals surface area contributed by atoms with Gasteiger partial charge in [-0.2, -0.15) is 0 Å². The molecule has 0 spiro atoms. The van der Waals surface area contributed by atoms with Crippen molar-refractivity contribution in [1.82, 2.24) is 19.4 Å². The van der Waals surface area contributed by atoms with Gasteiger partial charge in [0.25, 0.3) is 11.5 Å². The molecule has 3 aromatic carbocycles. The zero-order valence-electron chi connectivity index (χ0n) is 23.6. The molecule has 0 aliphatic rings. The lowest BCUT2D eigenvalue weighted by Crippen LogP contribution is -2.40. The molecule has 40 heavy (non-hydrogen) atoms. The summed E-state index contributed by atoms with van der Waals surface area (Å²) in [7, 11) is 4.06. The third kappa shape index (κ3) is 5.56. The first-order chi connectivity index (χ1) is 19.4. The number of fused-ring (bicyclic) bond motifs is 3. The molecule has 2 heterocycles. The molecule has 0 aliphatic heterocycles. The van der Waals surface area contributed by atoms with Crippen molar-refractivity contribution in [3.63, 3.8) is 0 Å². The number of para-hydroxylation sites is 1. The lowest BCUT2D eigenvalue weighted by atomic mass is 10.1. The van der Waals surface area contributed by atoms with E-state index in [0.717, 1.165) is 29.5 Å². The molecule has 1 amide bonds. The van der Waals surface area contributed by atoms with Crippen molar-refractivity contribution in [2.75, 3.05) is 27.2 Å². The number of hydrogen-bond donors (Lipinski definition) is 0. The first kappa shape index (κ1) is 27.3. The molecule has 0 N–H and O–H groups in total. The molecule has 0 radical (unpaired) electrons. The molecule has 7 heteroatoms. The normalized spacial score (nSPS) is 12.3. The minimum absolute atomic E-state index is 0.0664. The Labute approximate surface area is 234 Å². The second-order valence-electron chi connectivity index (χ2n) is 10.6. The van der Waals surface area contributed by atoms with Gasteiger partial charge < -0.3 is 14.2 Å². The summed E-state index contributed by atoms with van der Waals surface area (Å²) in [5, 5.41) is 0.793. The SMILES string of the molecule is CCC(c1nc2c(oc3ccccc32)c(=O)n1Cc1ccccc1)N(CCCN(C)C)C(=O)c1ccc(C)cc1. The quantitative estimate of drug-likeness (QED) is 0.217. The van der Waals surface area contributed by atoms with Crippen LogP contribution >= 0.6 is 0 Å². The number of benzene rings is 3. The maximum absolute atomic E-state index is 14.1. The third-order valence-corrected chi connectivity index (χ3v) is 7.32. The average molecular weight is 537 g/mol. The van der Waals surface area contributed by atoms with Crippen molar-refractivity contribution in [3.05, 3.63) is 112 Å². The predicted octanol–water partition coefficient (Wildman–Crippen LogP) is 6.04. The standard InChI is InChI=1S/C33H36N4O3/c1-5-27(36(21-11-20-35(3)4)32(38)25-18-16-23(2)17-19-25)31-34-29-26-14-9-10-15-28(26)40-30(29)33(39)37(31)22-24-12-7-6-8-13-24/h6-10,12-19,27H,5,11,20-22H2,1-4H3. The Morgan fingerprint density at radius 3 is 2.35 bits per heavy atom. The highest BCUT2D eigenvalue weighted by Gasteiger charge is 2.30. The monoisotopic (exact) mass is 536 g/mol. The van der Waals surface area contributed by atoms with E-state index in [0.29, 0.717) is 42.0 Å². The van der Waals surface area contributed by atoms with Crippen LogP contribution in [0.25, 0.3) is 22.1 Å². The van der Waals surface area contributed by atoms with Crippen molar-refractivity contribution in [3.8, 4) is 0 Å². The number of amides is 1. The van der Waals surface area contributed by atoms with Gasteiger partial charge in [0.15, 0.2) is 0 Å². The van der Waals surface area contributed by atoms with Crippen LogP contribution in [0.2, 0.25) is 0 Å². The van der Waals surface area contributed by atoms with Gasteiger partial charge in [-0.1, -0.05) is 67.1 Å². The molecule has 0 aliphatic carbocycles. The smallest absolute Gasteiger partial charge is 0.297 e. The molecular weight excluding hydrogens is 500 g/mol. The fourth-order valence-corrected chi connectivity index (χ4v) is 5.22. The summed E-state index contributed by atoms with van der Waals surface area (Å²) < 4.78 is 7.72. The highest BCUT2D eigenvalue weighted by Crippen LogP contribution is 2.30. The van der Waals surface area contributed by atoms with E-state index < -0.39 is 6.04 Å². The lowest BCUT2D eigenvalue weighted by molar-refractivity contribution is 0.0649. The molecule has 5 rings (SSSR count). The van der Waals surface area contributed by atoms with Gasteiger partial charge in [-0.25, -0.2) is 4.98 Å². The van der Waals surface area contributed by atoms with Crippen LogP contribution in [-0.2, 0) is 6.54 Å². The Balaban J connectivity index is 1.69. The molecule has 0 saturated carbocycles. The average Bonchev–Trinajstić information content (AvgIpc) is 3.34. The van der Waals surface area contributed by atoms with Crippen molar-refractivity contribution in [2.45, 2.75) is 39.3 Å². The Hall–Kier alpha value is -4.23. The van der Waals surface area contributed by atoms with Crippen LogP contribution < -0.4 is 5.56 Å². The fraction of sp³-hybridized carbons (Fsp3) is 0.303. The molecule has 0 bridgehead atoms. The highest BCUT2D eigenvalue weighted by atomic mass is 16.3. The first-order valence-corrected chi connectivity index (χ1v) is 13.9. The van der Waals surface area contributed by atoms with Crippen molar-refractivity contribution in [2.24, 2.45) is 0 Å². The fourth-order valence-electron chi connectivity index (χ4n) is 5.22. The minimum Gasteiger partial charge on any atom is -0.448 e. The largest absolute Gasteiger partial charge is 0.448 e. The van der Waals surface area contributed by atoms with Gasteiger partial charge in [0.05, 0.1) is 12.6 Å². The van der Waals surface area contributed by atoms with E-state index >= 15 is 0 Å². The predicted molar refractivity (Wildman–Crippen MR) is 160 cm³/mol. The van der Waals surface area contributed by atoms with Crippen LogP contribution in [0.4, 0.5) is 0 Å². The third-order valence-electron chi connectivity index (χ3n) is 7.32. The van der Waals surface area contributed by atoms with Gasteiger partial charge in [0.1, 0.15) is 16.9 Å². The molecule has 0 saturated heterocycles. The number of furan rings is 1. The van der Waals surface area contributed by atoms with Crippen molar-refractivity contribution < 1.29 is 9.21 Å². The van der Waals surface area contributed by atoms with Gasteiger partial charge in [-0.05, 0) is 70.2 Å². The molecule has 1 atom stereocenters. The second kappa shape index (κ2) is 11.9. The number of carbonyl (C=O) groups excluding carboxylic acids is 1. The van der Waals surface area contributed by atoms with Gasteiger partial charge >= 0.3 is 0 Å². The zero-order valence-corrected chi connectivity index (χ0v) is 23.6. The molecule has 2 aromatic heterocycles. The van der Waals surface area contributed by atoms with E-state index in [2.05, 4.69) is 4.90 Å². The zero-order chi connectivity index (χ0) is 28.2. The maximum atomic E-state index is 14.1. The molecule has 1 unspecified atom stereocenters. The minimum atomic E-state index is -0.412. The lowest BCUT2D eigenvalue weighted by Gasteiger charge is -2.32. The number of rotatable bonds is 10. The first-order valence-electron chi connectivity index (χ1n) is 13.9. The molecule has 206 valence electrons. The summed E-state index contributed by atoms with van der Waals surface area (Å²) >= 11 is 0. The number of aromatic nitrogens is 2. The summed E-state index contributed by atoms with van der Waals surface area (Å²) in [4.78, 5) is 37.2. The van der Waals surface area contributed by atoms with Crippen LogP contribution in [0, 0.1) is 6.92 Å². The summed E-state index contributed by atoms with van der Waals surface area (Å²) in [6.45, 7) is 5.76. The van der Waals surface area contributed by atoms with Gasteiger partial charge in [-0.3, -0.25) is 14.2 Å². The van der Waals surface area contributed by atoms with Gasteiger partial charge in [0.2, 0.25) is 5.58 Å². The van der Waals surface area contributed by atoms with Crippen molar-refractivity contribution >= 4 is 28.0 Å². The molecule has 5 aromatic rings. The topological polar surface area (TPSA) is 71.6 Å². The van der Waals surface area contributed by atoms with E-state index in [9.17, 15) is 9.59 Å². The summed E-state index contributed by atoms with van der Waals surface area (Å²) in [5.41, 5.74) is 3.85. The highest BCUT2D eigenvalue weighted by molar-refractivity contribution is 6.02. The Kier molecular flexibility index (Phi) is 8.12. The number of carbonyl (C=O) groups is 1. The van der Waals surface area contributed by atoms with Crippen LogP contribution in [0.1, 0.15) is 53.1 Å². The Morgan fingerprint density at radius 2 is 1.65 bits per heavy atom. The van der Waals surface area contributed by atoms with Gasteiger partial charge in [-0.15, -0.1) is 0 Å².